The Balaban J connectivity index is 1.58. The number of anilines is 1. The Labute approximate surface area is 151 Å². The van der Waals surface area contributed by atoms with Gasteiger partial charge in [0.25, 0.3) is 0 Å². The molecule has 1 N–H and O–H groups in total. The predicted octanol–water partition coefficient (Wildman–Crippen LogP) is 4.46. The molecular weight excluding hydrogens is 329 g/mol. The highest BCUT2D eigenvalue weighted by molar-refractivity contribution is 5.89. The maximum atomic E-state index is 13.1. The number of nitrogens with zero attached hydrogens (tertiary/aromatic N) is 2. The van der Waals surface area contributed by atoms with Gasteiger partial charge in [0.15, 0.2) is 0 Å². The van der Waals surface area contributed by atoms with Crippen molar-refractivity contribution in [2.24, 2.45) is 0 Å². The predicted molar refractivity (Wildman–Crippen MR) is 99.4 cm³/mol. The molecule has 0 unspecified atom stereocenters. The fourth-order valence-electron chi connectivity index (χ4n) is 3.49. The van der Waals surface area contributed by atoms with Crippen LogP contribution in [0.1, 0.15) is 17.3 Å². The minimum Gasteiger partial charge on any atom is -0.348 e. The van der Waals surface area contributed by atoms with Gasteiger partial charge in [-0.3, -0.25) is 0 Å². The highest BCUT2D eigenvalue weighted by atomic mass is 19.1. The molecule has 3 aromatic rings. The summed E-state index contributed by atoms with van der Waals surface area (Å²) in [6.07, 6.45) is 2.81. The summed E-state index contributed by atoms with van der Waals surface area (Å²) in [5.74, 6) is -0.319. The van der Waals surface area contributed by atoms with Crippen LogP contribution in [0, 0.1) is 5.82 Å². The molecule has 0 saturated carbocycles. The largest absolute Gasteiger partial charge is 0.348 e. The Morgan fingerprint density at radius 2 is 1.77 bits per heavy atom. The van der Waals surface area contributed by atoms with Gasteiger partial charge in [-0.2, -0.15) is 0 Å². The summed E-state index contributed by atoms with van der Waals surface area (Å²) in [6.45, 7) is 1.40. The topological polar surface area (TPSA) is 37.3 Å². The van der Waals surface area contributed by atoms with Gasteiger partial charge in [-0.25, -0.2) is 9.18 Å². The van der Waals surface area contributed by atoms with Gasteiger partial charge in [0.1, 0.15) is 5.82 Å². The molecular formula is C21H20FN3O. The van der Waals surface area contributed by atoms with Gasteiger partial charge in [0.2, 0.25) is 0 Å². The number of aromatic nitrogens is 1. The molecule has 4 rings (SSSR count). The summed E-state index contributed by atoms with van der Waals surface area (Å²) in [6, 6.07) is 19.9. The van der Waals surface area contributed by atoms with Gasteiger partial charge >= 0.3 is 6.03 Å². The zero-order valence-corrected chi connectivity index (χ0v) is 14.3. The molecule has 4 nitrogen and oxygen atoms in total. The number of urea groups is 1. The van der Waals surface area contributed by atoms with E-state index in [1.165, 1.54) is 17.7 Å². The SMILES string of the molecule is O=C(Nc1ccc(F)cc1)N1CCn2cccc2[C@@H]1Cc1ccccc1. The monoisotopic (exact) mass is 349 g/mol. The average Bonchev–Trinajstić information content (AvgIpc) is 3.14. The number of hydrogen-bond donors (Lipinski definition) is 1. The van der Waals surface area contributed by atoms with E-state index < -0.39 is 0 Å². The van der Waals surface area contributed by atoms with Crippen LogP contribution in [-0.4, -0.2) is 22.0 Å². The highest BCUT2D eigenvalue weighted by Crippen LogP contribution is 2.30. The molecule has 5 heteroatoms. The zero-order valence-electron chi connectivity index (χ0n) is 14.3. The van der Waals surface area contributed by atoms with E-state index >= 15 is 0 Å². The van der Waals surface area contributed by atoms with Crippen molar-refractivity contribution < 1.29 is 9.18 Å². The van der Waals surface area contributed by atoms with E-state index in [0.717, 1.165) is 18.7 Å². The van der Waals surface area contributed by atoms with E-state index in [-0.39, 0.29) is 17.9 Å². The van der Waals surface area contributed by atoms with E-state index in [1.54, 1.807) is 12.1 Å². The number of fused-ring (bicyclic) bond motifs is 1. The molecule has 1 atom stereocenters. The van der Waals surface area contributed by atoms with Crippen molar-refractivity contribution in [3.63, 3.8) is 0 Å². The number of carbonyl (C=O) groups is 1. The molecule has 0 bridgehead atoms. The molecule has 2 amide bonds. The summed E-state index contributed by atoms with van der Waals surface area (Å²) in [4.78, 5) is 14.8. The van der Waals surface area contributed by atoms with E-state index in [4.69, 9.17) is 0 Å². The van der Waals surface area contributed by atoms with Crippen molar-refractivity contribution >= 4 is 11.7 Å². The molecule has 0 saturated heterocycles. The van der Waals surface area contributed by atoms with Crippen molar-refractivity contribution in [3.05, 3.63) is 90.0 Å². The number of nitrogens with one attached hydrogen (secondary N) is 1. The standard InChI is InChI=1S/C21H20FN3O/c22-17-8-10-18(11-9-17)23-21(26)25-14-13-24-12-4-7-19(24)20(25)15-16-5-2-1-3-6-16/h1-12,20H,13-15H2,(H,23,26)/t20-/m0/s1. The van der Waals surface area contributed by atoms with Gasteiger partial charge in [-0.05, 0) is 48.4 Å². The molecule has 0 radical (unpaired) electrons. The first-order valence-corrected chi connectivity index (χ1v) is 8.73. The number of rotatable bonds is 3. The molecule has 1 aliphatic heterocycles. The van der Waals surface area contributed by atoms with E-state index in [2.05, 4.69) is 34.3 Å². The number of amides is 2. The van der Waals surface area contributed by atoms with Crippen LogP contribution in [-0.2, 0) is 13.0 Å². The molecule has 2 aromatic carbocycles. The zero-order chi connectivity index (χ0) is 17.9. The molecule has 1 aromatic heterocycles. The lowest BCUT2D eigenvalue weighted by Crippen LogP contribution is -2.44. The summed E-state index contributed by atoms with van der Waals surface area (Å²) in [5.41, 5.74) is 2.91. The Morgan fingerprint density at radius 1 is 1.00 bits per heavy atom. The second-order valence-electron chi connectivity index (χ2n) is 6.46. The third-order valence-electron chi connectivity index (χ3n) is 4.79. The second kappa shape index (κ2) is 7.04. The Hall–Kier alpha value is -3.08. The minimum atomic E-state index is -0.319. The minimum absolute atomic E-state index is 0.0402. The second-order valence-corrected chi connectivity index (χ2v) is 6.46. The van der Waals surface area contributed by atoms with Gasteiger partial charge in [0, 0.05) is 30.7 Å². The fraction of sp³-hybridized carbons (Fsp3) is 0.190. The van der Waals surface area contributed by atoms with Crippen LogP contribution in [0.5, 0.6) is 0 Å². The first-order valence-electron chi connectivity index (χ1n) is 8.73. The van der Waals surface area contributed by atoms with E-state index in [9.17, 15) is 9.18 Å². The summed E-state index contributed by atoms with van der Waals surface area (Å²) >= 11 is 0. The van der Waals surface area contributed by atoms with Crippen molar-refractivity contribution in [1.82, 2.24) is 9.47 Å². The van der Waals surface area contributed by atoms with Gasteiger partial charge in [-0.1, -0.05) is 30.3 Å². The summed E-state index contributed by atoms with van der Waals surface area (Å²) < 4.78 is 15.3. The van der Waals surface area contributed by atoms with Crippen LogP contribution in [0.25, 0.3) is 0 Å². The molecule has 26 heavy (non-hydrogen) atoms. The van der Waals surface area contributed by atoms with Crippen LogP contribution in [0.4, 0.5) is 14.9 Å². The maximum absolute atomic E-state index is 13.1. The van der Waals surface area contributed by atoms with E-state index in [0.29, 0.717) is 12.2 Å². The fourth-order valence-corrected chi connectivity index (χ4v) is 3.49. The maximum Gasteiger partial charge on any atom is 0.322 e. The van der Waals surface area contributed by atoms with Crippen molar-refractivity contribution in [1.29, 1.82) is 0 Å². The molecule has 2 heterocycles. The summed E-state index contributed by atoms with van der Waals surface area (Å²) in [7, 11) is 0. The Kier molecular flexibility index (Phi) is 4.44. The van der Waals surface area contributed by atoms with Crippen molar-refractivity contribution in [3.8, 4) is 0 Å². The number of benzene rings is 2. The Morgan fingerprint density at radius 3 is 2.54 bits per heavy atom. The third-order valence-corrected chi connectivity index (χ3v) is 4.79. The lowest BCUT2D eigenvalue weighted by molar-refractivity contribution is 0.167. The van der Waals surface area contributed by atoms with Crippen LogP contribution < -0.4 is 5.32 Å². The first-order chi connectivity index (χ1) is 12.7. The van der Waals surface area contributed by atoms with Gasteiger partial charge in [-0.15, -0.1) is 0 Å². The number of halogens is 1. The van der Waals surface area contributed by atoms with Gasteiger partial charge < -0.3 is 14.8 Å². The molecule has 132 valence electrons. The van der Waals surface area contributed by atoms with Crippen LogP contribution >= 0.6 is 0 Å². The Bertz CT molecular complexity index is 889. The summed E-state index contributed by atoms with van der Waals surface area (Å²) in [5, 5.41) is 2.89. The van der Waals surface area contributed by atoms with Crippen LogP contribution in [0.3, 0.4) is 0 Å². The van der Waals surface area contributed by atoms with Crippen molar-refractivity contribution in [2.45, 2.75) is 19.0 Å². The molecule has 0 aliphatic carbocycles. The lowest BCUT2D eigenvalue weighted by Gasteiger charge is -2.37. The lowest BCUT2D eigenvalue weighted by atomic mass is 10.0. The normalized spacial score (nSPS) is 16.2. The quantitative estimate of drug-likeness (QED) is 0.745. The third kappa shape index (κ3) is 3.33. The highest BCUT2D eigenvalue weighted by Gasteiger charge is 2.31. The number of hydrogen-bond acceptors (Lipinski definition) is 1. The smallest absolute Gasteiger partial charge is 0.322 e. The van der Waals surface area contributed by atoms with Crippen LogP contribution in [0.15, 0.2) is 72.9 Å². The van der Waals surface area contributed by atoms with Crippen molar-refractivity contribution in [2.75, 3.05) is 11.9 Å². The van der Waals surface area contributed by atoms with Gasteiger partial charge in [0.05, 0.1) is 6.04 Å². The first kappa shape index (κ1) is 16.4. The number of carbonyl (C=O) groups excluding carboxylic acids is 1. The average molecular weight is 349 g/mol. The van der Waals surface area contributed by atoms with Crippen LogP contribution in [0.2, 0.25) is 0 Å². The van der Waals surface area contributed by atoms with E-state index in [1.807, 2.05) is 29.2 Å². The molecule has 0 spiro atoms. The molecule has 1 aliphatic rings. The molecule has 0 fully saturated rings.